The smallest absolute Gasteiger partial charge is 0.237 e. The van der Waals surface area contributed by atoms with Crippen LogP contribution < -0.4 is 10.1 Å². The van der Waals surface area contributed by atoms with Crippen LogP contribution >= 0.6 is 23.4 Å². The zero-order valence-electron chi connectivity index (χ0n) is 13.2. The first-order valence-corrected chi connectivity index (χ1v) is 8.58. The van der Waals surface area contributed by atoms with Crippen molar-refractivity contribution in [2.75, 3.05) is 12.4 Å². The Bertz CT molecular complexity index is 881. The van der Waals surface area contributed by atoms with Gasteiger partial charge in [0, 0.05) is 5.02 Å². The number of thioether (sulfide) groups is 1. The molecule has 24 heavy (non-hydrogen) atoms. The molecule has 3 aromatic rings. The topological polar surface area (TPSA) is 67.0 Å². The third-order valence-corrected chi connectivity index (χ3v) is 4.66. The molecule has 7 heteroatoms. The molecule has 0 radical (unpaired) electrons. The Morgan fingerprint density at radius 3 is 2.92 bits per heavy atom. The number of halogens is 1. The van der Waals surface area contributed by atoms with Gasteiger partial charge in [0.15, 0.2) is 5.16 Å². The highest BCUT2D eigenvalue weighted by atomic mass is 35.5. The van der Waals surface area contributed by atoms with E-state index in [4.69, 9.17) is 16.3 Å². The van der Waals surface area contributed by atoms with Crippen LogP contribution in [0, 0.1) is 0 Å². The van der Waals surface area contributed by atoms with Gasteiger partial charge < -0.3 is 15.0 Å². The van der Waals surface area contributed by atoms with Gasteiger partial charge in [0.25, 0.3) is 0 Å². The lowest BCUT2D eigenvalue weighted by Gasteiger charge is -2.13. The van der Waals surface area contributed by atoms with E-state index in [1.807, 2.05) is 31.2 Å². The number of aromatic amines is 1. The quantitative estimate of drug-likeness (QED) is 0.663. The molecule has 1 amide bonds. The van der Waals surface area contributed by atoms with Gasteiger partial charge in [-0.05, 0) is 37.3 Å². The van der Waals surface area contributed by atoms with Gasteiger partial charge in [-0.15, -0.1) is 0 Å². The molecule has 5 nitrogen and oxygen atoms in total. The highest BCUT2D eigenvalue weighted by Crippen LogP contribution is 2.27. The normalized spacial score (nSPS) is 12.1. The van der Waals surface area contributed by atoms with Crippen LogP contribution in [-0.4, -0.2) is 28.2 Å². The lowest BCUT2D eigenvalue weighted by Crippen LogP contribution is -2.22. The molecular weight excluding hydrogens is 346 g/mol. The van der Waals surface area contributed by atoms with E-state index in [2.05, 4.69) is 15.3 Å². The van der Waals surface area contributed by atoms with E-state index in [0.29, 0.717) is 21.6 Å². The molecule has 0 spiro atoms. The summed E-state index contributed by atoms with van der Waals surface area (Å²) in [6, 6.07) is 12.8. The van der Waals surface area contributed by atoms with Crippen molar-refractivity contribution in [1.82, 2.24) is 9.97 Å². The summed E-state index contributed by atoms with van der Waals surface area (Å²) in [7, 11) is 1.57. The molecule has 124 valence electrons. The fraction of sp³-hybridized carbons (Fsp3) is 0.176. The van der Waals surface area contributed by atoms with E-state index < -0.39 is 0 Å². The Balaban J connectivity index is 1.71. The Morgan fingerprint density at radius 2 is 2.12 bits per heavy atom. The second-order valence-electron chi connectivity index (χ2n) is 5.15. The predicted octanol–water partition coefficient (Wildman–Crippen LogP) is 4.34. The van der Waals surface area contributed by atoms with Crippen LogP contribution in [0.4, 0.5) is 5.69 Å². The van der Waals surface area contributed by atoms with Gasteiger partial charge in [0.05, 0.1) is 29.1 Å². The minimum Gasteiger partial charge on any atom is -0.495 e. The number of benzene rings is 2. The maximum Gasteiger partial charge on any atom is 0.237 e. The summed E-state index contributed by atoms with van der Waals surface area (Å²) >= 11 is 7.33. The van der Waals surface area contributed by atoms with Crippen LogP contribution in [0.5, 0.6) is 5.75 Å². The summed E-state index contributed by atoms with van der Waals surface area (Å²) in [4.78, 5) is 20.0. The number of methoxy groups -OCH3 is 1. The Kier molecular flexibility index (Phi) is 4.97. The summed E-state index contributed by atoms with van der Waals surface area (Å²) in [6.45, 7) is 1.83. The maximum atomic E-state index is 12.4. The molecule has 0 bridgehead atoms. The predicted molar refractivity (Wildman–Crippen MR) is 98.0 cm³/mol. The van der Waals surface area contributed by atoms with Crippen LogP contribution in [0.25, 0.3) is 11.0 Å². The lowest BCUT2D eigenvalue weighted by molar-refractivity contribution is -0.115. The molecule has 1 heterocycles. The number of carbonyl (C=O) groups is 1. The first-order chi connectivity index (χ1) is 11.6. The van der Waals surface area contributed by atoms with Crippen molar-refractivity contribution in [2.24, 2.45) is 0 Å². The molecule has 0 aliphatic heterocycles. The van der Waals surface area contributed by atoms with E-state index in [-0.39, 0.29) is 11.2 Å². The van der Waals surface area contributed by atoms with Crippen molar-refractivity contribution in [3.05, 3.63) is 47.5 Å². The fourth-order valence-corrected chi connectivity index (χ4v) is 3.21. The van der Waals surface area contributed by atoms with Crippen molar-refractivity contribution in [3.8, 4) is 5.75 Å². The van der Waals surface area contributed by atoms with Gasteiger partial charge >= 0.3 is 0 Å². The number of para-hydroxylation sites is 2. The molecule has 0 saturated carbocycles. The highest BCUT2D eigenvalue weighted by molar-refractivity contribution is 8.00. The number of hydrogen-bond acceptors (Lipinski definition) is 4. The molecule has 0 fully saturated rings. The second kappa shape index (κ2) is 7.15. The number of H-pyrrole nitrogens is 1. The minimum absolute atomic E-state index is 0.122. The van der Waals surface area contributed by atoms with Crippen LogP contribution in [0.2, 0.25) is 5.02 Å². The number of aromatic nitrogens is 2. The van der Waals surface area contributed by atoms with Crippen LogP contribution in [0.15, 0.2) is 47.6 Å². The number of fused-ring (bicyclic) bond motifs is 1. The summed E-state index contributed by atoms with van der Waals surface area (Å²) < 4.78 is 5.24. The molecule has 0 aliphatic carbocycles. The summed E-state index contributed by atoms with van der Waals surface area (Å²) in [5.41, 5.74) is 2.32. The zero-order valence-corrected chi connectivity index (χ0v) is 14.7. The fourth-order valence-electron chi connectivity index (χ4n) is 2.22. The first-order valence-electron chi connectivity index (χ1n) is 7.32. The molecule has 2 aromatic carbocycles. The number of amides is 1. The first kappa shape index (κ1) is 16.7. The summed E-state index contributed by atoms with van der Waals surface area (Å²) in [5.74, 6) is 0.504. The highest BCUT2D eigenvalue weighted by Gasteiger charge is 2.18. The second-order valence-corrected chi connectivity index (χ2v) is 6.92. The molecule has 1 atom stereocenters. The van der Waals surface area contributed by atoms with Gasteiger partial charge in [-0.3, -0.25) is 4.79 Å². The average Bonchev–Trinajstić information content (AvgIpc) is 2.96. The molecule has 0 saturated heterocycles. The monoisotopic (exact) mass is 361 g/mol. The number of nitrogens with one attached hydrogen (secondary N) is 2. The maximum absolute atomic E-state index is 12.4. The minimum atomic E-state index is -0.328. The van der Waals surface area contributed by atoms with Crippen molar-refractivity contribution >= 4 is 46.0 Å². The SMILES string of the molecule is COc1ccccc1NC(=O)[C@H](C)Sc1nc2ccc(Cl)cc2[nH]1. The number of ether oxygens (including phenoxy) is 1. The molecule has 3 rings (SSSR count). The van der Waals surface area contributed by atoms with Gasteiger partial charge in [-0.25, -0.2) is 4.98 Å². The van der Waals surface area contributed by atoms with Crippen molar-refractivity contribution in [1.29, 1.82) is 0 Å². The van der Waals surface area contributed by atoms with Gasteiger partial charge in [-0.1, -0.05) is 35.5 Å². The number of rotatable bonds is 5. The molecular formula is C17H16ClN3O2S. The Hall–Kier alpha value is -2.18. The number of hydrogen-bond donors (Lipinski definition) is 2. The third-order valence-electron chi connectivity index (χ3n) is 3.44. The van der Waals surface area contributed by atoms with E-state index >= 15 is 0 Å². The number of imidazole rings is 1. The molecule has 2 N–H and O–H groups in total. The average molecular weight is 362 g/mol. The van der Waals surface area contributed by atoms with Crippen molar-refractivity contribution < 1.29 is 9.53 Å². The largest absolute Gasteiger partial charge is 0.495 e. The van der Waals surface area contributed by atoms with E-state index in [1.165, 1.54) is 11.8 Å². The molecule has 1 aromatic heterocycles. The van der Waals surface area contributed by atoms with Crippen LogP contribution in [-0.2, 0) is 4.79 Å². The van der Waals surface area contributed by atoms with Crippen LogP contribution in [0.3, 0.4) is 0 Å². The van der Waals surface area contributed by atoms with Crippen molar-refractivity contribution in [3.63, 3.8) is 0 Å². The third kappa shape index (κ3) is 3.66. The number of carbonyl (C=O) groups excluding carboxylic acids is 1. The lowest BCUT2D eigenvalue weighted by atomic mass is 10.3. The van der Waals surface area contributed by atoms with Gasteiger partial charge in [0.2, 0.25) is 5.91 Å². The Labute approximate surface area is 148 Å². The zero-order chi connectivity index (χ0) is 17.1. The standard InChI is InChI=1S/C17H16ClN3O2S/c1-10(16(22)19-13-5-3-4-6-15(13)23-2)24-17-20-12-8-7-11(18)9-14(12)21-17/h3-10H,1-2H3,(H,19,22)(H,20,21)/t10-/m0/s1. The van der Waals surface area contributed by atoms with Crippen LogP contribution in [0.1, 0.15) is 6.92 Å². The molecule has 0 aliphatic rings. The number of nitrogens with zero attached hydrogens (tertiary/aromatic N) is 1. The van der Waals surface area contributed by atoms with Crippen molar-refractivity contribution in [2.45, 2.75) is 17.3 Å². The van der Waals surface area contributed by atoms with E-state index in [0.717, 1.165) is 11.0 Å². The van der Waals surface area contributed by atoms with E-state index in [1.54, 1.807) is 25.3 Å². The van der Waals surface area contributed by atoms with E-state index in [9.17, 15) is 4.79 Å². The number of anilines is 1. The van der Waals surface area contributed by atoms with Gasteiger partial charge in [0.1, 0.15) is 5.75 Å². The summed E-state index contributed by atoms with van der Waals surface area (Å²) in [5, 5.41) is 3.87. The summed E-state index contributed by atoms with van der Waals surface area (Å²) in [6.07, 6.45) is 0. The molecule has 0 unspecified atom stereocenters. The Morgan fingerprint density at radius 1 is 1.33 bits per heavy atom. The van der Waals surface area contributed by atoms with Gasteiger partial charge in [-0.2, -0.15) is 0 Å².